The lowest BCUT2D eigenvalue weighted by Crippen LogP contribution is -2.03. The van der Waals surface area contributed by atoms with Crippen LogP contribution in [0.25, 0.3) is 0 Å². The summed E-state index contributed by atoms with van der Waals surface area (Å²) in [6.45, 7) is 0.429. The molecular weight excluding hydrogens is 130 g/mol. The molecule has 0 heterocycles. The van der Waals surface area contributed by atoms with E-state index in [2.05, 4.69) is 4.74 Å². The summed E-state index contributed by atoms with van der Waals surface area (Å²) in [6.07, 6.45) is 3.86. The molecule has 1 aliphatic carbocycles. The van der Waals surface area contributed by atoms with E-state index in [-0.39, 0.29) is 0 Å². The number of carbonyl (C=O) groups excluding carboxylic acids is 1. The lowest BCUT2D eigenvalue weighted by atomic mass is 10.2. The molecule has 1 N–H and O–H groups in total. The predicted octanol–water partition coefficient (Wildman–Crippen LogP) is 1.60. The zero-order chi connectivity index (χ0) is 7.40. The van der Waals surface area contributed by atoms with Gasteiger partial charge in [0.15, 0.2) is 0 Å². The molecule has 0 aliphatic heterocycles. The second-order valence-electron chi connectivity index (χ2n) is 2.72. The Morgan fingerprint density at radius 1 is 1.60 bits per heavy atom. The van der Waals surface area contributed by atoms with Crippen molar-refractivity contribution < 1.29 is 9.53 Å². The topological polar surface area (TPSA) is 50.1 Å². The summed E-state index contributed by atoms with van der Waals surface area (Å²) in [5.74, 6) is 0.893. The van der Waals surface area contributed by atoms with Crippen molar-refractivity contribution in [1.82, 2.24) is 5.73 Å². The lowest BCUT2D eigenvalue weighted by Gasteiger charge is -1.97. The van der Waals surface area contributed by atoms with Crippen molar-refractivity contribution in [2.45, 2.75) is 25.7 Å². The molecule has 10 heavy (non-hydrogen) atoms. The van der Waals surface area contributed by atoms with Crippen molar-refractivity contribution in [2.24, 2.45) is 5.92 Å². The molecule has 1 amide bonds. The minimum absolute atomic E-state index is 0.429. The Kier molecular flexibility index (Phi) is 2.54. The van der Waals surface area contributed by atoms with E-state index in [4.69, 9.17) is 5.73 Å². The van der Waals surface area contributed by atoms with Crippen LogP contribution >= 0.6 is 0 Å². The van der Waals surface area contributed by atoms with Crippen molar-refractivity contribution in [3.05, 3.63) is 0 Å². The number of amides is 1. The van der Waals surface area contributed by atoms with E-state index in [9.17, 15) is 4.79 Å². The summed E-state index contributed by atoms with van der Waals surface area (Å²) in [7, 11) is 0. The zero-order valence-corrected chi connectivity index (χ0v) is 5.93. The molecule has 0 atom stereocenters. The smallest absolute Gasteiger partial charge is 0.426 e. The van der Waals surface area contributed by atoms with Crippen LogP contribution in [0.4, 0.5) is 4.79 Å². The Morgan fingerprint density at radius 3 is 2.80 bits per heavy atom. The maximum absolute atomic E-state index is 9.95. The van der Waals surface area contributed by atoms with Gasteiger partial charge in [-0.2, -0.15) is 0 Å². The highest BCUT2D eigenvalue weighted by atomic mass is 16.5. The average molecular weight is 142 g/mol. The van der Waals surface area contributed by atoms with Gasteiger partial charge in [-0.25, -0.2) is 10.5 Å². The van der Waals surface area contributed by atoms with E-state index < -0.39 is 6.09 Å². The minimum atomic E-state index is -0.907. The number of nitrogens with one attached hydrogen (secondary N) is 1. The van der Waals surface area contributed by atoms with Crippen molar-refractivity contribution >= 4 is 6.09 Å². The summed E-state index contributed by atoms with van der Waals surface area (Å²) < 4.78 is 4.45. The van der Waals surface area contributed by atoms with Gasteiger partial charge in [0.1, 0.15) is 0 Å². The van der Waals surface area contributed by atoms with Gasteiger partial charge >= 0.3 is 6.09 Å². The van der Waals surface area contributed by atoms with Gasteiger partial charge in [0.25, 0.3) is 0 Å². The molecule has 3 heteroatoms. The fourth-order valence-corrected chi connectivity index (χ4v) is 0.943. The predicted molar refractivity (Wildman–Crippen MR) is 36.4 cm³/mol. The molecule has 1 rings (SSSR count). The van der Waals surface area contributed by atoms with Crippen molar-refractivity contribution in [1.29, 1.82) is 0 Å². The van der Waals surface area contributed by atoms with Gasteiger partial charge in [0, 0.05) is 0 Å². The van der Waals surface area contributed by atoms with E-state index in [0.29, 0.717) is 6.61 Å². The van der Waals surface area contributed by atoms with E-state index in [0.717, 1.165) is 18.8 Å². The van der Waals surface area contributed by atoms with Crippen LogP contribution in [0.15, 0.2) is 0 Å². The Balaban J connectivity index is 1.80. The average Bonchev–Trinajstić information content (AvgIpc) is 2.62. The van der Waals surface area contributed by atoms with Gasteiger partial charge in [-0.15, -0.1) is 0 Å². The molecule has 1 saturated carbocycles. The maximum atomic E-state index is 9.95. The molecule has 0 aromatic rings. The number of rotatable bonds is 4. The van der Waals surface area contributed by atoms with Gasteiger partial charge in [0.2, 0.25) is 0 Å². The molecule has 0 aromatic carbocycles. The first-order valence-electron chi connectivity index (χ1n) is 3.67. The van der Waals surface area contributed by atoms with Gasteiger partial charge < -0.3 is 4.74 Å². The van der Waals surface area contributed by atoms with E-state index in [1.54, 1.807) is 0 Å². The van der Waals surface area contributed by atoms with Gasteiger partial charge in [-0.3, -0.25) is 0 Å². The molecule has 3 nitrogen and oxygen atoms in total. The Bertz CT molecular complexity index is 121. The number of hydrogen-bond acceptors (Lipinski definition) is 2. The standard InChI is InChI=1S/C7H12NO2/c8-7(9)10-5-1-2-6-3-4-6/h6,8H,1-5H2. The first-order chi connectivity index (χ1) is 4.79. The summed E-state index contributed by atoms with van der Waals surface area (Å²) in [5, 5.41) is 0. The third kappa shape index (κ3) is 3.33. The monoisotopic (exact) mass is 142 g/mol. The van der Waals surface area contributed by atoms with Crippen LogP contribution in [0.3, 0.4) is 0 Å². The van der Waals surface area contributed by atoms with Crippen molar-refractivity contribution in [3.8, 4) is 0 Å². The molecule has 0 spiro atoms. The molecular formula is C7H12NO2. The van der Waals surface area contributed by atoms with Crippen molar-refractivity contribution in [3.63, 3.8) is 0 Å². The summed E-state index contributed by atoms with van der Waals surface area (Å²) >= 11 is 0. The van der Waals surface area contributed by atoms with E-state index >= 15 is 0 Å². The maximum Gasteiger partial charge on any atom is 0.426 e. The Morgan fingerprint density at radius 2 is 2.30 bits per heavy atom. The van der Waals surface area contributed by atoms with Crippen molar-refractivity contribution in [2.75, 3.05) is 6.61 Å². The number of carbonyl (C=O) groups is 1. The normalized spacial score (nSPS) is 16.8. The Hall–Kier alpha value is -0.730. The molecule has 0 bridgehead atoms. The molecule has 57 valence electrons. The van der Waals surface area contributed by atoms with Crippen LogP contribution in [0.1, 0.15) is 25.7 Å². The molecule has 0 saturated heterocycles. The van der Waals surface area contributed by atoms with Gasteiger partial charge in [-0.1, -0.05) is 12.8 Å². The van der Waals surface area contributed by atoms with E-state index in [1.807, 2.05) is 0 Å². The third-order valence-corrected chi connectivity index (χ3v) is 1.69. The van der Waals surface area contributed by atoms with Gasteiger partial charge in [-0.05, 0) is 18.8 Å². The largest absolute Gasteiger partial charge is 0.448 e. The summed E-state index contributed by atoms with van der Waals surface area (Å²) in [4.78, 5) is 9.95. The third-order valence-electron chi connectivity index (χ3n) is 1.69. The molecule has 0 aromatic heterocycles. The second-order valence-corrected chi connectivity index (χ2v) is 2.72. The van der Waals surface area contributed by atoms with Crippen LogP contribution in [-0.4, -0.2) is 12.7 Å². The second kappa shape index (κ2) is 3.44. The summed E-state index contributed by atoms with van der Waals surface area (Å²) in [5.41, 5.74) is 6.42. The molecule has 1 aliphatic rings. The summed E-state index contributed by atoms with van der Waals surface area (Å²) in [6, 6.07) is 0. The molecule has 1 radical (unpaired) electrons. The lowest BCUT2D eigenvalue weighted by molar-refractivity contribution is 0.152. The Labute approximate surface area is 60.5 Å². The zero-order valence-electron chi connectivity index (χ0n) is 5.93. The first kappa shape index (κ1) is 7.38. The molecule has 0 unspecified atom stereocenters. The number of hydrogen-bond donors (Lipinski definition) is 0. The van der Waals surface area contributed by atoms with E-state index in [1.165, 1.54) is 12.8 Å². The van der Waals surface area contributed by atoms with Crippen LogP contribution in [0, 0.1) is 5.92 Å². The molecule has 1 fully saturated rings. The highest BCUT2D eigenvalue weighted by molar-refractivity contribution is 5.63. The van der Waals surface area contributed by atoms with Crippen LogP contribution < -0.4 is 5.73 Å². The van der Waals surface area contributed by atoms with Crippen LogP contribution in [0.2, 0.25) is 0 Å². The SMILES string of the molecule is [NH]C(=O)OCCCC1CC1. The first-order valence-corrected chi connectivity index (χ1v) is 3.67. The fraction of sp³-hybridized carbons (Fsp3) is 0.857. The highest BCUT2D eigenvalue weighted by Crippen LogP contribution is 2.33. The number of ether oxygens (including phenoxy) is 1. The van der Waals surface area contributed by atoms with Gasteiger partial charge in [0.05, 0.1) is 6.61 Å². The fourth-order valence-electron chi connectivity index (χ4n) is 0.943. The van der Waals surface area contributed by atoms with Crippen LogP contribution in [0.5, 0.6) is 0 Å². The quantitative estimate of drug-likeness (QED) is 0.560. The minimum Gasteiger partial charge on any atom is -0.448 e. The van der Waals surface area contributed by atoms with Crippen LogP contribution in [-0.2, 0) is 4.74 Å². The highest BCUT2D eigenvalue weighted by Gasteiger charge is 2.20.